The van der Waals surface area contributed by atoms with Crippen LogP contribution in [0.15, 0.2) is 48.8 Å². The van der Waals surface area contributed by atoms with Gasteiger partial charge in [-0.25, -0.2) is 0 Å². The topological polar surface area (TPSA) is 94.6 Å². The number of pyridine rings is 1. The van der Waals surface area contributed by atoms with Crippen LogP contribution in [0.4, 0.5) is 5.69 Å². The Bertz CT molecular complexity index is 912. The number of aromatic nitrogens is 1. The lowest BCUT2D eigenvalue weighted by atomic mass is 9.85. The van der Waals surface area contributed by atoms with Gasteiger partial charge in [-0.2, -0.15) is 0 Å². The highest BCUT2D eigenvalue weighted by molar-refractivity contribution is 5.90. The Labute approximate surface area is 182 Å². The molecular weight excluding hydrogens is 394 g/mol. The largest absolute Gasteiger partial charge is 0.368 e. The van der Waals surface area contributed by atoms with E-state index in [1.807, 2.05) is 17.0 Å². The number of amides is 3. The van der Waals surface area contributed by atoms with Crippen molar-refractivity contribution in [2.75, 3.05) is 38.1 Å². The predicted molar refractivity (Wildman–Crippen MR) is 118 cm³/mol. The minimum Gasteiger partial charge on any atom is -0.368 e. The van der Waals surface area contributed by atoms with E-state index in [1.54, 1.807) is 18.3 Å². The smallest absolute Gasteiger partial charge is 0.250 e. The summed E-state index contributed by atoms with van der Waals surface area (Å²) in [6.45, 7) is 4.84. The second-order valence-electron chi connectivity index (χ2n) is 7.64. The van der Waals surface area contributed by atoms with Crippen LogP contribution in [0.3, 0.4) is 0 Å². The lowest BCUT2D eigenvalue weighted by Crippen LogP contribution is -2.54. The number of anilines is 1. The molecule has 8 heteroatoms. The minimum atomic E-state index is -1.34. The molecule has 164 valence electrons. The molecule has 1 aliphatic heterocycles. The van der Waals surface area contributed by atoms with Crippen LogP contribution in [0.1, 0.15) is 24.0 Å². The monoisotopic (exact) mass is 423 g/mol. The van der Waals surface area contributed by atoms with Crippen molar-refractivity contribution < 1.29 is 14.4 Å². The van der Waals surface area contributed by atoms with E-state index < -0.39 is 5.54 Å². The predicted octanol–water partition coefficient (Wildman–Crippen LogP) is 1.21. The normalized spacial score (nSPS) is 15.7. The van der Waals surface area contributed by atoms with Crippen molar-refractivity contribution in [1.82, 2.24) is 20.5 Å². The van der Waals surface area contributed by atoms with Crippen molar-refractivity contribution in [2.45, 2.75) is 25.3 Å². The average Bonchev–Trinajstić information content (AvgIpc) is 2.82. The molecule has 1 saturated heterocycles. The molecule has 1 fully saturated rings. The first-order valence-corrected chi connectivity index (χ1v) is 10.4. The molecule has 1 aliphatic rings. The number of likely N-dealkylation sites (N-methyl/N-ethyl adjacent to an activating group) is 1. The molecule has 31 heavy (non-hydrogen) atoms. The van der Waals surface area contributed by atoms with Crippen molar-refractivity contribution in [3.63, 3.8) is 0 Å². The fourth-order valence-corrected chi connectivity index (χ4v) is 4.11. The lowest BCUT2D eigenvalue weighted by Gasteiger charge is -2.37. The number of nitrogens with zero attached hydrogens (tertiary/aromatic N) is 3. The van der Waals surface area contributed by atoms with Gasteiger partial charge in [0.15, 0.2) is 0 Å². The van der Waals surface area contributed by atoms with Crippen molar-refractivity contribution in [1.29, 1.82) is 0 Å². The first-order valence-electron chi connectivity index (χ1n) is 10.4. The molecule has 1 unspecified atom stereocenters. The summed E-state index contributed by atoms with van der Waals surface area (Å²) in [6.07, 6.45) is 3.91. The van der Waals surface area contributed by atoms with Crippen molar-refractivity contribution in [3.05, 3.63) is 59.9 Å². The van der Waals surface area contributed by atoms with Gasteiger partial charge in [-0.1, -0.05) is 24.3 Å². The highest BCUT2D eigenvalue weighted by Gasteiger charge is 2.40. The molecule has 0 radical (unpaired) electrons. The van der Waals surface area contributed by atoms with Gasteiger partial charge in [0.2, 0.25) is 18.2 Å². The Kier molecular flexibility index (Phi) is 7.23. The van der Waals surface area contributed by atoms with Gasteiger partial charge in [0.05, 0.1) is 0 Å². The van der Waals surface area contributed by atoms with Crippen LogP contribution in [0.5, 0.6) is 0 Å². The van der Waals surface area contributed by atoms with E-state index in [4.69, 9.17) is 0 Å². The molecule has 3 amide bonds. The van der Waals surface area contributed by atoms with E-state index in [0.717, 1.165) is 13.1 Å². The van der Waals surface area contributed by atoms with E-state index in [-0.39, 0.29) is 24.7 Å². The van der Waals surface area contributed by atoms with Crippen molar-refractivity contribution in [3.8, 4) is 0 Å². The highest BCUT2D eigenvalue weighted by atomic mass is 16.2. The van der Waals surface area contributed by atoms with Gasteiger partial charge in [0.25, 0.3) is 0 Å². The van der Waals surface area contributed by atoms with E-state index >= 15 is 0 Å². The van der Waals surface area contributed by atoms with Gasteiger partial charge in [0, 0.05) is 63.3 Å². The van der Waals surface area contributed by atoms with Gasteiger partial charge in [-0.05, 0) is 31.0 Å². The Morgan fingerprint density at radius 2 is 1.87 bits per heavy atom. The third-order valence-electron chi connectivity index (χ3n) is 5.88. The van der Waals surface area contributed by atoms with Crippen LogP contribution < -0.4 is 15.5 Å². The third-order valence-corrected chi connectivity index (χ3v) is 5.88. The first kappa shape index (κ1) is 22.3. The number of aryl methyl sites for hydroxylation is 1. The summed E-state index contributed by atoms with van der Waals surface area (Å²) in [4.78, 5) is 45.2. The third kappa shape index (κ3) is 4.84. The van der Waals surface area contributed by atoms with E-state index in [9.17, 15) is 14.4 Å². The molecule has 0 spiro atoms. The van der Waals surface area contributed by atoms with Crippen LogP contribution in [-0.2, 0) is 19.9 Å². The van der Waals surface area contributed by atoms with Crippen LogP contribution in [0, 0.1) is 6.92 Å². The maximum atomic E-state index is 12.9. The summed E-state index contributed by atoms with van der Waals surface area (Å²) in [5.74, 6) is -0.418. The number of hydrogen-bond donors (Lipinski definition) is 2. The summed E-state index contributed by atoms with van der Waals surface area (Å²) in [5, 5.41) is 5.25. The summed E-state index contributed by atoms with van der Waals surface area (Å²) in [5.41, 5.74) is 1.61. The molecule has 0 bridgehead atoms. The summed E-state index contributed by atoms with van der Waals surface area (Å²) in [7, 11) is 1.51. The highest BCUT2D eigenvalue weighted by Crippen LogP contribution is 2.27. The summed E-state index contributed by atoms with van der Waals surface area (Å²) < 4.78 is 0. The Hall–Kier alpha value is -3.42. The lowest BCUT2D eigenvalue weighted by molar-refractivity contribution is -0.134. The maximum Gasteiger partial charge on any atom is 0.250 e. The van der Waals surface area contributed by atoms with E-state index in [0.29, 0.717) is 25.1 Å². The van der Waals surface area contributed by atoms with Gasteiger partial charge in [-0.15, -0.1) is 0 Å². The Balaban J connectivity index is 1.67. The number of benzene rings is 1. The van der Waals surface area contributed by atoms with Crippen LogP contribution in [0.25, 0.3) is 0 Å². The molecule has 2 N–H and O–H groups in total. The van der Waals surface area contributed by atoms with Crippen LogP contribution in [-0.4, -0.2) is 61.3 Å². The minimum absolute atomic E-state index is 0.0331. The number of carbonyl (C=O) groups excluding carboxylic acids is 3. The number of piperazine rings is 1. The fraction of sp³-hybridized carbons (Fsp3) is 0.391. The Morgan fingerprint density at radius 1 is 1.13 bits per heavy atom. The molecule has 2 aromatic rings. The molecule has 3 rings (SSSR count). The molecule has 0 aliphatic carbocycles. The quantitative estimate of drug-likeness (QED) is 0.623. The molecule has 2 heterocycles. The number of hydrogen-bond acceptors (Lipinski definition) is 5. The van der Waals surface area contributed by atoms with Crippen LogP contribution >= 0.6 is 0 Å². The zero-order valence-corrected chi connectivity index (χ0v) is 18.0. The SMILES string of the molecule is CNC(=O)C(CCC(=O)N1CCN(c2ccccc2C)CC1)(NC=O)c1cccnc1. The summed E-state index contributed by atoms with van der Waals surface area (Å²) in [6, 6.07) is 11.7. The maximum absolute atomic E-state index is 12.9. The average molecular weight is 424 g/mol. The molecule has 1 atom stereocenters. The zero-order chi connectivity index (χ0) is 22.3. The van der Waals surface area contributed by atoms with Gasteiger partial charge in [-0.3, -0.25) is 19.4 Å². The van der Waals surface area contributed by atoms with Crippen LogP contribution in [0.2, 0.25) is 0 Å². The molecular formula is C23H29N5O3. The Morgan fingerprint density at radius 3 is 2.48 bits per heavy atom. The second-order valence-corrected chi connectivity index (χ2v) is 7.64. The van der Waals surface area contributed by atoms with Crippen molar-refractivity contribution in [2.24, 2.45) is 0 Å². The number of rotatable bonds is 8. The van der Waals surface area contributed by atoms with E-state index in [2.05, 4.69) is 39.6 Å². The first-order chi connectivity index (χ1) is 15.0. The number of nitrogens with one attached hydrogen (secondary N) is 2. The molecule has 1 aromatic carbocycles. The van der Waals surface area contributed by atoms with E-state index in [1.165, 1.54) is 24.5 Å². The molecule has 8 nitrogen and oxygen atoms in total. The van der Waals surface area contributed by atoms with Crippen molar-refractivity contribution >= 4 is 23.9 Å². The fourth-order valence-electron chi connectivity index (χ4n) is 4.11. The summed E-state index contributed by atoms with van der Waals surface area (Å²) >= 11 is 0. The molecule has 1 aromatic heterocycles. The number of para-hydroxylation sites is 1. The standard InChI is InChI=1S/C23H29N5O3/c1-18-6-3-4-8-20(18)27-12-14-28(15-13-27)21(30)9-10-23(26-17-29,22(31)24-2)19-7-5-11-25-16-19/h3-8,11,16-17H,9-10,12-15H2,1-2H3,(H,24,31)(H,26,29). The van der Waals surface area contributed by atoms with Gasteiger partial charge in [0.1, 0.15) is 5.54 Å². The second kappa shape index (κ2) is 10.1. The van der Waals surface area contributed by atoms with Gasteiger partial charge >= 0.3 is 0 Å². The molecule has 0 saturated carbocycles. The van der Waals surface area contributed by atoms with Gasteiger partial charge < -0.3 is 20.4 Å². The number of carbonyl (C=O) groups is 3. The zero-order valence-electron chi connectivity index (χ0n) is 18.0.